The Labute approximate surface area is 152 Å². The third-order valence-corrected chi connectivity index (χ3v) is 5.09. The van der Waals surface area contributed by atoms with E-state index in [4.69, 9.17) is 5.14 Å². The molecule has 0 bridgehead atoms. The molecular formula is C17H21N3O3S2. The van der Waals surface area contributed by atoms with Gasteiger partial charge in [-0.3, -0.25) is 4.79 Å². The van der Waals surface area contributed by atoms with E-state index in [9.17, 15) is 13.2 Å². The largest absolute Gasteiger partial charge is 0.376 e. The molecule has 0 saturated carbocycles. The fourth-order valence-corrected chi connectivity index (χ4v) is 3.36. The van der Waals surface area contributed by atoms with Crippen molar-refractivity contribution in [1.82, 2.24) is 0 Å². The van der Waals surface area contributed by atoms with Gasteiger partial charge in [-0.05, 0) is 42.2 Å². The monoisotopic (exact) mass is 379 g/mol. The summed E-state index contributed by atoms with van der Waals surface area (Å²) in [7, 11) is -0.244. The molecule has 0 aliphatic heterocycles. The number of thioether (sulfide) groups is 1. The normalized spacial score (nSPS) is 11.2. The van der Waals surface area contributed by atoms with Gasteiger partial charge < -0.3 is 10.2 Å². The zero-order valence-electron chi connectivity index (χ0n) is 14.3. The molecule has 0 fully saturated rings. The number of anilines is 2. The number of nitrogens with two attached hydrogens (primary N) is 1. The van der Waals surface area contributed by atoms with Crippen LogP contribution in [0.5, 0.6) is 0 Å². The Kier molecular flexibility index (Phi) is 6.10. The summed E-state index contributed by atoms with van der Waals surface area (Å²) in [5.41, 5.74) is 2.69. The van der Waals surface area contributed by atoms with Crippen LogP contribution in [0.25, 0.3) is 0 Å². The van der Waals surface area contributed by atoms with Crippen LogP contribution in [0.3, 0.4) is 0 Å². The van der Waals surface area contributed by atoms with Crippen LogP contribution < -0.4 is 15.4 Å². The molecule has 2 rings (SSSR count). The van der Waals surface area contributed by atoms with Gasteiger partial charge in [-0.15, -0.1) is 0 Å². The summed E-state index contributed by atoms with van der Waals surface area (Å²) in [5.74, 6) is 0.564. The van der Waals surface area contributed by atoms with Crippen molar-refractivity contribution in [3.8, 4) is 0 Å². The van der Waals surface area contributed by atoms with Gasteiger partial charge in [0, 0.05) is 25.4 Å². The number of primary sulfonamides is 1. The van der Waals surface area contributed by atoms with Gasteiger partial charge in [-0.2, -0.15) is 11.8 Å². The first-order valence-electron chi connectivity index (χ1n) is 7.46. The van der Waals surface area contributed by atoms with Gasteiger partial charge in [0.15, 0.2) is 0 Å². The van der Waals surface area contributed by atoms with Crippen molar-refractivity contribution in [3.05, 3.63) is 53.6 Å². The lowest BCUT2D eigenvalue weighted by atomic mass is 10.1. The highest BCUT2D eigenvalue weighted by Crippen LogP contribution is 2.27. The number of nitrogens with zero attached hydrogens (tertiary/aromatic N) is 1. The molecule has 134 valence electrons. The Balaban J connectivity index is 2.32. The van der Waals surface area contributed by atoms with E-state index in [0.29, 0.717) is 16.9 Å². The van der Waals surface area contributed by atoms with Crippen LogP contribution >= 0.6 is 11.8 Å². The summed E-state index contributed by atoms with van der Waals surface area (Å²) in [5, 5.41) is 7.95. The lowest BCUT2D eigenvalue weighted by Crippen LogP contribution is -2.18. The van der Waals surface area contributed by atoms with E-state index in [1.54, 1.807) is 49.0 Å². The lowest BCUT2D eigenvalue weighted by molar-refractivity contribution is 0.102. The lowest BCUT2D eigenvalue weighted by Gasteiger charge is -2.19. The molecule has 0 radical (unpaired) electrons. The molecule has 25 heavy (non-hydrogen) atoms. The Hall–Kier alpha value is -2.03. The molecule has 8 heteroatoms. The van der Waals surface area contributed by atoms with Crippen LogP contribution in [0.1, 0.15) is 15.9 Å². The molecule has 0 aliphatic carbocycles. The predicted octanol–water partition coefficient (Wildman–Crippen LogP) is 2.52. The van der Waals surface area contributed by atoms with Gasteiger partial charge in [0.25, 0.3) is 5.91 Å². The zero-order chi connectivity index (χ0) is 18.6. The molecule has 0 spiro atoms. The summed E-state index contributed by atoms with van der Waals surface area (Å²) in [6.07, 6.45) is 2.02. The second-order valence-corrected chi connectivity index (χ2v) is 8.13. The molecular weight excluding hydrogens is 358 g/mol. The van der Waals surface area contributed by atoms with Crippen LogP contribution in [-0.4, -0.2) is 34.7 Å². The molecule has 0 unspecified atom stereocenters. The van der Waals surface area contributed by atoms with E-state index in [2.05, 4.69) is 5.32 Å². The molecule has 1 amide bonds. The SMILES string of the molecule is CSCc1ccc(C(=O)Nc2cc(S(N)(=O)=O)ccc2N(C)C)cc1. The quantitative estimate of drug-likeness (QED) is 0.804. The first kappa shape index (κ1) is 19.3. The molecule has 0 atom stereocenters. The average molecular weight is 380 g/mol. The molecule has 0 saturated heterocycles. The summed E-state index contributed by atoms with van der Waals surface area (Å²) in [6.45, 7) is 0. The fourth-order valence-electron chi connectivity index (χ4n) is 2.30. The Bertz CT molecular complexity index is 863. The number of carbonyl (C=O) groups excluding carboxylic acids is 1. The summed E-state index contributed by atoms with van der Waals surface area (Å²) >= 11 is 1.71. The second kappa shape index (κ2) is 7.90. The highest BCUT2D eigenvalue weighted by atomic mass is 32.2. The van der Waals surface area contributed by atoms with Gasteiger partial charge in [0.2, 0.25) is 10.0 Å². The van der Waals surface area contributed by atoms with Crippen molar-refractivity contribution in [2.45, 2.75) is 10.6 Å². The number of hydrogen-bond acceptors (Lipinski definition) is 5. The first-order valence-corrected chi connectivity index (χ1v) is 10.4. The molecule has 2 aromatic carbocycles. The molecule has 6 nitrogen and oxygen atoms in total. The van der Waals surface area contributed by atoms with Gasteiger partial charge in [0.05, 0.1) is 16.3 Å². The minimum Gasteiger partial charge on any atom is -0.376 e. The molecule has 2 aromatic rings. The minimum atomic E-state index is -3.85. The smallest absolute Gasteiger partial charge is 0.255 e. The predicted molar refractivity (Wildman–Crippen MR) is 104 cm³/mol. The molecule has 0 aromatic heterocycles. The maximum absolute atomic E-state index is 12.5. The van der Waals surface area contributed by atoms with Crippen LogP contribution in [0.4, 0.5) is 11.4 Å². The van der Waals surface area contributed by atoms with Gasteiger partial charge in [-0.25, -0.2) is 13.6 Å². The molecule has 0 aliphatic rings. The number of rotatable bonds is 6. The maximum Gasteiger partial charge on any atom is 0.255 e. The summed E-state index contributed by atoms with van der Waals surface area (Å²) in [6, 6.07) is 11.7. The van der Waals surface area contributed by atoms with Crippen LogP contribution in [-0.2, 0) is 15.8 Å². The Morgan fingerprint density at radius 2 is 1.80 bits per heavy atom. The topological polar surface area (TPSA) is 92.5 Å². The summed E-state index contributed by atoms with van der Waals surface area (Å²) < 4.78 is 23.1. The molecule has 0 heterocycles. The fraction of sp³-hybridized carbons (Fsp3) is 0.235. The number of carbonyl (C=O) groups is 1. The standard InChI is InChI=1S/C17H21N3O3S2/c1-20(2)16-9-8-14(25(18,22)23)10-15(16)19-17(21)13-6-4-12(5-7-13)11-24-3/h4-10H,11H2,1-3H3,(H,19,21)(H2,18,22,23). The van der Waals surface area contributed by atoms with Crippen molar-refractivity contribution in [2.24, 2.45) is 5.14 Å². The van der Waals surface area contributed by atoms with E-state index in [1.807, 2.05) is 18.4 Å². The number of amides is 1. The van der Waals surface area contributed by atoms with E-state index in [1.165, 1.54) is 12.1 Å². The van der Waals surface area contributed by atoms with Gasteiger partial charge >= 0.3 is 0 Å². The Morgan fingerprint density at radius 3 is 2.32 bits per heavy atom. The number of hydrogen-bond donors (Lipinski definition) is 2. The number of sulfonamides is 1. The first-order chi connectivity index (χ1) is 11.7. The van der Waals surface area contributed by atoms with Crippen LogP contribution in [0.2, 0.25) is 0 Å². The minimum absolute atomic E-state index is 0.0521. The summed E-state index contributed by atoms with van der Waals surface area (Å²) in [4.78, 5) is 14.2. The highest BCUT2D eigenvalue weighted by molar-refractivity contribution is 7.97. The van der Waals surface area contributed by atoms with E-state index in [0.717, 1.165) is 11.3 Å². The van der Waals surface area contributed by atoms with E-state index < -0.39 is 10.0 Å². The zero-order valence-corrected chi connectivity index (χ0v) is 15.9. The number of benzene rings is 2. The van der Waals surface area contributed by atoms with Gasteiger partial charge in [-0.1, -0.05) is 12.1 Å². The van der Waals surface area contributed by atoms with Crippen LogP contribution in [0, 0.1) is 0 Å². The van der Waals surface area contributed by atoms with Crippen LogP contribution in [0.15, 0.2) is 47.4 Å². The van der Waals surface area contributed by atoms with E-state index in [-0.39, 0.29) is 10.8 Å². The number of nitrogens with one attached hydrogen (secondary N) is 1. The third kappa shape index (κ3) is 4.97. The maximum atomic E-state index is 12.5. The molecule has 3 N–H and O–H groups in total. The van der Waals surface area contributed by atoms with Crippen molar-refractivity contribution in [2.75, 3.05) is 30.6 Å². The van der Waals surface area contributed by atoms with Crippen molar-refractivity contribution < 1.29 is 13.2 Å². The van der Waals surface area contributed by atoms with Crippen molar-refractivity contribution >= 4 is 39.1 Å². The van der Waals surface area contributed by atoms with Crippen molar-refractivity contribution in [3.63, 3.8) is 0 Å². The Morgan fingerprint density at radius 1 is 1.16 bits per heavy atom. The van der Waals surface area contributed by atoms with Crippen molar-refractivity contribution in [1.29, 1.82) is 0 Å². The van der Waals surface area contributed by atoms with Gasteiger partial charge in [0.1, 0.15) is 0 Å². The second-order valence-electron chi connectivity index (χ2n) is 5.70. The average Bonchev–Trinajstić information content (AvgIpc) is 2.54. The third-order valence-electron chi connectivity index (χ3n) is 3.55. The van der Waals surface area contributed by atoms with E-state index >= 15 is 0 Å². The highest BCUT2D eigenvalue weighted by Gasteiger charge is 2.15.